The summed E-state index contributed by atoms with van der Waals surface area (Å²) in [7, 11) is 0. The van der Waals surface area contributed by atoms with E-state index in [1.54, 1.807) is 24.4 Å². The smallest absolute Gasteiger partial charge is 0.248 e. The first-order chi connectivity index (χ1) is 15.9. The van der Waals surface area contributed by atoms with Gasteiger partial charge in [0.05, 0.1) is 0 Å². The van der Waals surface area contributed by atoms with Crippen molar-refractivity contribution < 1.29 is 4.79 Å². The number of benzene rings is 1. The van der Waals surface area contributed by atoms with Crippen LogP contribution in [0.2, 0.25) is 0 Å². The predicted octanol–water partition coefficient (Wildman–Crippen LogP) is 4.56. The zero-order valence-corrected chi connectivity index (χ0v) is 18.9. The lowest BCUT2D eigenvalue weighted by atomic mass is 9.96. The fourth-order valence-corrected chi connectivity index (χ4v) is 3.53. The van der Waals surface area contributed by atoms with Crippen molar-refractivity contribution in [1.29, 1.82) is 0 Å². The van der Waals surface area contributed by atoms with Gasteiger partial charge in [0.15, 0.2) is 11.6 Å². The number of nitrogens with two attached hydrogens (primary N) is 1. The summed E-state index contributed by atoms with van der Waals surface area (Å²) in [5.74, 6) is 1.34. The first kappa shape index (κ1) is 22.2. The van der Waals surface area contributed by atoms with Crippen molar-refractivity contribution in [1.82, 2.24) is 24.9 Å². The van der Waals surface area contributed by atoms with Gasteiger partial charge < -0.3 is 5.73 Å². The Bertz CT molecular complexity index is 1250. The summed E-state index contributed by atoms with van der Waals surface area (Å²) in [6, 6.07) is 9.09. The Morgan fingerprint density at radius 1 is 0.818 bits per heavy atom. The summed E-state index contributed by atoms with van der Waals surface area (Å²) in [5, 5.41) is 0. The number of primary amides is 1. The number of carbonyl (C=O) groups excluding carboxylic acids is 1. The zero-order chi connectivity index (χ0) is 23.4. The highest BCUT2D eigenvalue weighted by molar-refractivity contribution is 5.93. The molecule has 2 N–H and O–H groups in total. The maximum atomic E-state index is 11.4. The molecule has 0 aliphatic rings. The van der Waals surface area contributed by atoms with Gasteiger partial charge in [-0.15, -0.1) is 0 Å². The first-order valence-electron chi connectivity index (χ1n) is 10.9. The van der Waals surface area contributed by atoms with Gasteiger partial charge in [-0.2, -0.15) is 0 Å². The lowest BCUT2D eigenvalue weighted by Gasteiger charge is -2.12. The number of carbonyl (C=O) groups is 1. The minimum Gasteiger partial charge on any atom is -0.366 e. The molecule has 0 spiro atoms. The molecule has 3 heterocycles. The van der Waals surface area contributed by atoms with Gasteiger partial charge in [-0.05, 0) is 53.1 Å². The number of hydrogen-bond donors (Lipinski definition) is 1. The van der Waals surface area contributed by atoms with Crippen molar-refractivity contribution in [3.63, 3.8) is 0 Å². The molecule has 166 valence electrons. The standard InChI is InChI=1S/C26H26N6O/c1-16(2)22-12-29-26(30-13-22)21-8-18(10-28-11-21)7-17(3)23-14-31-25(32-15-23)20-6-4-5-19(9-20)24(27)33/h4-6,8-17H,7H2,1-3H3,(H2,27,33)/t17-/m1/s1. The largest absolute Gasteiger partial charge is 0.366 e. The molecule has 1 aromatic carbocycles. The van der Waals surface area contributed by atoms with E-state index in [1.807, 2.05) is 37.1 Å². The lowest BCUT2D eigenvalue weighted by molar-refractivity contribution is 0.100. The molecule has 7 nitrogen and oxygen atoms in total. The van der Waals surface area contributed by atoms with Crippen LogP contribution in [0.25, 0.3) is 22.8 Å². The topological polar surface area (TPSA) is 108 Å². The van der Waals surface area contributed by atoms with Crippen LogP contribution in [-0.2, 0) is 6.42 Å². The molecule has 0 saturated heterocycles. The van der Waals surface area contributed by atoms with Gasteiger partial charge in [0, 0.05) is 53.9 Å². The Labute approximate surface area is 193 Å². The van der Waals surface area contributed by atoms with E-state index in [9.17, 15) is 4.79 Å². The monoisotopic (exact) mass is 438 g/mol. The summed E-state index contributed by atoms with van der Waals surface area (Å²) >= 11 is 0. The second-order valence-corrected chi connectivity index (χ2v) is 8.47. The summed E-state index contributed by atoms with van der Waals surface area (Å²) in [5.41, 5.74) is 10.7. The molecule has 4 rings (SSSR count). The van der Waals surface area contributed by atoms with Gasteiger partial charge in [-0.3, -0.25) is 9.78 Å². The molecule has 1 amide bonds. The van der Waals surface area contributed by atoms with Crippen LogP contribution in [0.15, 0.2) is 67.5 Å². The normalized spacial score (nSPS) is 12.0. The summed E-state index contributed by atoms with van der Waals surface area (Å²) in [4.78, 5) is 33.8. The van der Waals surface area contributed by atoms with E-state index < -0.39 is 5.91 Å². The van der Waals surface area contributed by atoms with Gasteiger partial charge in [-0.25, -0.2) is 19.9 Å². The predicted molar refractivity (Wildman–Crippen MR) is 127 cm³/mol. The quantitative estimate of drug-likeness (QED) is 0.453. The molecule has 33 heavy (non-hydrogen) atoms. The Morgan fingerprint density at radius 2 is 1.45 bits per heavy atom. The molecular formula is C26H26N6O. The Hall–Kier alpha value is -4.00. The van der Waals surface area contributed by atoms with Crippen LogP contribution in [0.4, 0.5) is 0 Å². The summed E-state index contributed by atoms with van der Waals surface area (Å²) in [6.07, 6.45) is 11.8. The third-order valence-electron chi connectivity index (χ3n) is 5.58. The van der Waals surface area contributed by atoms with Crippen LogP contribution in [0.3, 0.4) is 0 Å². The SMILES string of the molecule is CC(C)c1cnc(-c2cncc(C[C@@H](C)c3cnc(-c4cccc(C(N)=O)c4)nc3)c2)nc1. The van der Waals surface area contributed by atoms with Crippen LogP contribution in [0.1, 0.15) is 59.7 Å². The van der Waals surface area contributed by atoms with Gasteiger partial charge in [0.1, 0.15) is 0 Å². The van der Waals surface area contributed by atoms with Gasteiger partial charge >= 0.3 is 0 Å². The van der Waals surface area contributed by atoms with Crippen LogP contribution < -0.4 is 5.73 Å². The van der Waals surface area contributed by atoms with Crippen LogP contribution >= 0.6 is 0 Å². The number of amides is 1. The van der Waals surface area contributed by atoms with Gasteiger partial charge in [0.25, 0.3) is 0 Å². The van der Waals surface area contributed by atoms with E-state index in [4.69, 9.17) is 5.73 Å². The van der Waals surface area contributed by atoms with Gasteiger partial charge in [0.2, 0.25) is 5.91 Å². The van der Waals surface area contributed by atoms with Crippen molar-refractivity contribution in [2.24, 2.45) is 5.73 Å². The Balaban J connectivity index is 1.48. The van der Waals surface area contributed by atoms with Crippen molar-refractivity contribution in [3.8, 4) is 22.8 Å². The first-order valence-corrected chi connectivity index (χ1v) is 10.9. The summed E-state index contributed by atoms with van der Waals surface area (Å²) < 4.78 is 0. The third-order valence-corrected chi connectivity index (χ3v) is 5.58. The highest BCUT2D eigenvalue weighted by Gasteiger charge is 2.12. The molecule has 0 saturated carbocycles. The molecule has 0 aliphatic heterocycles. The summed E-state index contributed by atoms with van der Waals surface area (Å²) in [6.45, 7) is 6.37. The maximum Gasteiger partial charge on any atom is 0.248 e. The van der Waals surface area contributed by atoms with Crippen LogP contribution in [-0.4, -0.2) is 30.8 Å². The van der Waals surface area contributed by atoms with Crippen LogP contribution in [0.5, 0.6) is 0 Å². The van der Waals surface area contributed by atoms with Crippen molar-refractivity contribution in [3.05, 3.63) is 89.8 Å². The molecule has 0 unspecified atom stereocenters. The van der Waals surface area contributed by atoms with E-state index in [1.165, 1.54) is 0 Å². The molecule has 1 atom stereocenters. The zero-order valence-electron chi connectivity index (χ0n) is 18.9. The van der Waals surface area contributed by atoms with E-state index in [0.29, 0.717) is 23.1 Å². The highest BCUT2D eigenvalue weighted by Crippen LogP contribution is 2.24. The lowest BCUT2D eigenvalue weighted by Crippen LogP contribution is -2.10. The van der Waals surface area contributed by atoms with E-state index in [-0.39, 0.29) is 5.92 Å². The van der Waals surface area contributed by atoms with E-state index >= 15 is 0 Å². The second-order valence-electron chi connectivity index (χ2n) is 8.47. The molecule has 4 aromatic rings. The number of nitrogens with zero attached hydrogens (tertiary/aromatic N) is 5. The van der Waals surface area contributed by atoms with Crippen molar-refractivity contribution >= 4 is 5.91 Å². The third kappa shape index (κ3) is 5.26. The second kappa shape index (κ2) is 9.65. The Kier molecular flexibility index (Phi) is 6.49. The van der Waals surface area contributed by atoms with Gasteiger partial charge in [-0.1, -0.05) is 32.9 Å². The van der Waals surface area contributed by atoms with E-state index in [0.717, 1.165) is 34.2 Å². The Morgan fingerprint density at radius 3 is 2.09 bits per heavy atom. The number of hydrogen-bond acceptors (Lipinski definition) is 6. The molecule has 0 bridgehead atoms. The van der Waals surface area contributed by atoms with E-state index in [2.05, 4.69) is 51.8 Å². The number of aromatic nitrogens is 5. The van der Waals surface area contributed by atoms with Crippen molar-refractivity contribution in [2.45, 2.75) is 39.0 Å². The average Bonchev–Trinajstić information content (AvgIpc) is 2.84. The number of pyridine rings is 1. The minimum absolute atomic E-state index is 0.192. The average molecular weight is 439 g/mol. The molecule has 7 heteroatoms. The fraction of sp³-hybridized carbons (Fsp3) is 0.231. The molecule has 0 fully saturated rings. The molecule has 3 aromatic heterocycles. The highest BCUT2D eigenvalue weighted by atomic mass is 16.1. The minimum atomic E-state index is -0.473. The molecular weight excluding hydrogens is 412 g/mol. The molecule has 0 radical (unpaired) electrons. The van der Waals surface area contributed by atoms with Crippen LogP contribution in [0, 0.1) is 0 Å². The maximum absolute atomic E-state index is 11.4. The molecule has 0 aliphatic carbocycles. The fourth-order valence-electron chi connectivity index (χ4n) is 3.53. The number of rotatable bonds is 7. The van der Waals surface area contributed by atoms with Crippen molar-refractivity contribution in [2.75, 3.05) is 0 Å².